The van der Waals surface area contributed by atoms with Crippen LogP contribution in [-0.2, 0) is 9.53 Å². The first kappa shape index (κ1) is 16.0. The molecule has 0 fully saturated rings. The fraction of sp³-hybridized carbons (Fsp3) is 0.583. The number of nitrogens with two attached hydrogens (primary N) is 1. The Bertz CT molecular complexity index is 384. The predicted octanol–water partition coefficient (Wildman–Crippen LogP) is 3.59. The summed E-state index contributed by atoms with van der Waals surface area (Å²) >= 11 is 6.67. The van der Waals surface area contributed by atoms with Crippen LogP contribution in [0, 0.1) is 0 Å². The van der Waals surface area contributed by atoms with Crippen molar-refractivity contribution in [1.29, 1.82) is 0 Å². The number of thioether (sulfide) groups is 1. The summed E-state index contributed by atoms with van der Waals surface area (Å²) in [4.78, 5) is 12.6. The number of ether oxygens (including phenoxy) is 1. The van der Waals surface area contributed by atoms with Gasteiger partial charge in [0, 0.05) is 20.8 Å². The van der Waals surface area contributed by atoms with Crippen molar-refractivity contribution in [2.75, 3.05) is 12.4 Å². The van der Waals surface area contributed by atoms with E-state index in [4.69, 9.17) is 10.5 Å². The molecule has 3 nitrogen and oxygen atoms in total. The van der Waals surface area contributed by atoms with Crippen LogP contribution in [0.25, 0.3) is 0 Å². The van der Waals surface area contributed by atoms with Gasteiger partial charge in [-0.1, -0.05) is 6.92 Å². The minimum atomic E-state index is -0.175. The molecule has 1 aromatic rings. The number of hydrogen-bond acceptors (Lipinski definition) is 5. The Morgan fingerprint density at radius 1 is 1.61 bits per heavy atom. The largest absolute Gasteiger partial charge is 0.465 e. The topological polar surface area (TPSA) is 52.3 Å². The maximum Gasteiger partial charge on any atom is 0.315 e. The second-order valence-corrected chi connectivity index (χ2v) is 6.76. The van der Waals surface area contributed by atoms with Crippen molar-refractivity contribution >= 4 is 45.0 Å². The van der Waals surface area contributed by atoms with Crippen LogP contribution in [0.3, 0.4) is 0 Å². The van der Waals surface area contributed by atoms with E-state index in [1.54, 1.807) is 23.1 Å². The van der Waals surface area contributed by atoms with E-state index in [2.05, 4.69) is 28.9 Å². The van der Waals surface area contributed by atoms with E-state index in [9.17, 15) is 4.79 Å². The van der Waals surface area contributed by atoms with Gasteiger partial charge in [-0.05, 0) is 35.3 Å². The Hall–Kier alpha value is -0.0400. The summed E-state index contributed by atoms with van der Waals surface area (Å²) in [5.74, 6) is 0.174. The zero-order valence-electron chi connectivity index (χ0n) is 10.5. The van der Waals surface area contributed by atoms with Crippen LogP contribution in [0.15, 0.2) is 15.9 Å². The number of carbonyl (C=O) groups excluding carboxylic acids is 1. The number of thiophene rings is 1. The SMILES string of the molecule is CCOC(=O)CSC(c1cc(Br)cs1)C(N)CC. The van der Waals surface area contributed by atoms with Crippen molar-refractivity contribution in [3.05, 3.63) is 20.8 Å². The molecule has 2 N–H and O–H groups in total. The molecule has 0 radical (unpaired) electrons. The number of esters is 1. The highest BCUT2D eigenvalue weighted by Crippen LogP contribution is 2.37. The lowest BCUT2D eigenvalue weighted by atomic mass is 10.1. The van der Waals surface area contributed by atoms with E-state index in [1.807, 2.05) is 12.3 Å². The van der Waals surface area contributed by atoms with Crippen molar-refractivity contribution in [2.45, 2.75) is 31.6 Å². The number of halogens is 1. The van der Waals surface area contributed by atoms with Gasteiger partial charge in [-0.3, -0.25) is 4.79 Å². The fourth-order valence-electron chi connectivity index (χ4n) is 1.47. The van der Waals surface area contributed by atoms with Crippen LogP contribution in [0.5, 0.6) is 0 Å². The minimum Gasteiger partial charge on any atom is -0.465 e. The van der Waals surface area contributed by atoms with E-state index in [1.165, 1.54) is 4.88 Å². The van der Waals surface area contributed by atoms with Crippen molar-refractivity contribution < 1.29 is 9.53 Å². The molecule has 0 aliphatic carbocycles. The highest BCUT2D eigenvalue weighted by Gasteiger charge is 2.22. The maximum atomic E-state index is 11.4. The van der Waals surface area contributed by atoms with Crippen LogP contribution in [-0.4, -0.2) is 24.4 Å². The summed E-state index contributed by atoms with van der Waals surface area (Å²) in [5.41, 5.74) is 6.14. The Kier molecular flexibility index (Phi) is 7.29. The lowest BCUT2D eigenvalue weighted by Gasteiger charge is -2.20. The third-order valence-corrected chi connectivity index (χ3v) is 5.71. The van der Waals surface area contributed by atoms with Crippen molar-refractivity contribution in [3.8, 4) is 0 Å². The average Bonchev–Trinajstić information content (AvgIpc) is 2.76. The van der Waals surface area contributed by atoms with Gasteiger partial charge in [-0.2, -0.15) is 0 Å². The molecule has 0 aromatic carbocycles. The maximum absolute atomic E-state index is 11.4. The van der Waals surface area contributed by atoms with Crippen LogP contribution >= 0.6 is 39.0 Å². The van der Waals surface area contributed by atoms with Gasteiger partial charge >= 0.3 is 5.97 Å². The molecule has 0 amide bonds. The molecular weight excluding hydrogens is 334 g/mol. The van der Waals surface area contributed by atoms with E-state index >= 15 is 0 Å². The van der Waals surface area contributed by atoms with E-state index in [0.717, 1.165) is 10.9 Å². The van der Waals surface area contributed by atoms with Crippen molar-refractivity contribution in [1.82, 2.24) is 0 Å². The first-order valence-electron chi connectivity index (χ1n) is 5.85. The molecule has 1 rings (SSSR count). The molecule has 18 heavy (non-hydrogen) atoms. The van der Waals surface area contributed by atoms with Gasteiger partial charge in [0.15, 0.2) is 0 Å². The van der Waals surface area contributed by atoms with E-state index in [0.29, 0.717) is 12.4 Å². The molecule has 102 valence electrons. The molecule has 0 bridgehead atoms. The van der Waals surface area contributed by atoms with Crippen LogP contribution in [0.4, 0.5) is 0 Å². The normalized spacial score (nSPS) is 14.2. The number of carbonyl (C=O) groups is 1. The summed E-state index contributed by atoms with van der Waals surface area (Å²) in [5, 5.41) is 2.19. The molecule has 2 atom stereocenters. The van der Waals surface area contributed by atoms with Gasteiger partial charge in [0.1, 0.15) is 0 Å². The van der Waals surface area contributed by atoms with Gasteiger partial charge in [0.05, 0.1) is 17.6 Å². The second-order valence-electron chi connectivity index (χ2n) is 3.78. The van der Waals surface area contributed by atoms with Gasteiger partial charge in [-0.25, -0.2) is 0 Å². The Morgan fingerprint density at radius 3 is 2.83 bits per heavy atom. The zero-order valence-corrected chi connectivity index (χ0v) is 13.7. The Morgan fingerprint density at radius 2 is 2.33 bits per heavy atom. The highest BCUT2D eigenvalue weighted by atomic mass is 79.9. The molecule has 0 saturated carbocycles. The smallest absolute Gasteiger partial charge is 0.315 e. The lowest BCUT2D eigenvalue weighted by molar-refractivity contribution is -0.139. The minimum absolute atomic E-state index is 0.0509. The van der Waals surface area contributed by atoms with Gasteiger partial charge in [-0.15, -0.1) is 23.1 Å². The lowest BCUT2D eigenvalue weighted by Crippen LogP contribution is -2.26. The number of hydrogen-bond donors (Lipinski definition) is 1. The standard InChI is InChI=1S/C12H18BrNO2S2/c1-3-9(14)12(10-5-8(13)6-17-10)18-7-11(15)16-4-2/h5-6,9,12H,3-4,7,14H2,1-2H3. The van der Waals surface area contributed by atoms with Crippen LogP contribution in [0.2, 0.25) is 0 Å². The monoisotopic (exact) mass is 351 g/mol. The first-order valence-corrected chi connectivity index (χ1v) is 8.57. The molecule has 0 aliphatic rings. The van der Waals surface area contributed by atoms with Crippen molar-refractivity contribution in [2.24, 2.45) is 5.73 Å². The second kappa shape index (κ2) is 8.19. The first-order chi connectivity index (χ1) is 8.58. The van der Waals surface area contributed by atoms with E-state index < -0.39 is 0 Å². The molecule has 6 heteroatoms. The molecule has 1 heterocycles. The molecule has 0 aliphatic heterocycles. The molecule has 0 spiro atoms. The van der Waals surface area contributed by atoms with E-state index in [-0.39, 0.29) is 17.3 Å². The highest BCUT2D eigenvalue weighted by molar-refractivity contribution is 9.10. The summed E-state index contributed by atoms with van der Waals surface area (Å²) < 4.78 is 6.00. The fourth-order valence-corrected chi connectivity index (χ4v) is 4.41. The Balaban J connectivity index is 2.65. The third-order valence-electron chi connectivity index (χ3n) is 2.41. The quantitative estimate of drug-likeness (QED) is 0.762. The number of rotatable bonds is 7. The molecule has 1 aromatic heterocycles. The van der Waals surface area contributed by atoms with Crippen LogP contribution in [0.1, 0.15) is 30.4 Å². The van der Waals surface area contributed by atoms with Crippen molar-refractivity contribution in [3.63, 3.8) is 0 Å². The summed E-state index contributed by atoms with van der Waals surface area (Å²) in [6, 6.07) is 2.12. The van der Waals surface area contributed by atoms with Gasteiger partial charge in [0.2, 0.25) is 0 Å². The summed E-state index contributed by atoms with van der Waals surface area (Å²) in [7, 11) is 0. The third kappa shape index (κ3) is 4.91. The van der Waals surface area contributed by atoms with Gasteiger partial charge < -0.3 is 10.5 Å². The van der Waals surface area contributed by atoms with Gasteiger partial charge in [0.25, 0.3) is 0 Å². The predicted molar refractivity (Wildman–Crippen MR) is 82.1 cm³/mol. The molecular formula is C12H18BrNO2S2. The zero-order chi connectivity index (χ0) is 13.5. The molecule has 2 unspecified atom stereocenters. The van der Waals surface area contributed by atoms with Crippen LogP contribution < -0.4 is 5.73 Å². The average molecular weight is 352 g/mol. The molecule has 0 saturated heterocycles. The summed E-state index contributed by atoms with van der Waals surface area (Å²) in [6.07, 6.45) is 0.885. The Labute approximate surface area is 125 Å². The summed E-state index contributed by atoms with van der Waals surface area (Å²) in [6.45, 7) is 4.30.